The standard InChI is InChI=1S/C17H26N2O/c1-13(16-6-2-3-7-17(16)20)19(11-14-8-9-14)12-15-5-4-10-18-15/h2-3,6-7,13-15,18,20H,4-5,8-12H2,1H3. The molecule has 2 unspecified atom stereocenters. The Morgan fingerprint density at radius 1 is 1.25 bits per heavy atom. The van der Waals surface area contributed by atoms with Crippen LogP contribution in [0.5, 0.6) is 5.75 Å². The Balaban J connectivity index is 1.71. The second kappa shape index (κ2) is 6.15. The third kappa shape index (κ3) is 3.33. The number of rotatable bonds is 6. The molecule has 2 N–H and O–H groups in total. The fourth-order valence-corrected chi connectivity index (χ4v) is 3.26. The monoisotopic (exact) mass is 274 g/mol. The van der Waals surface area contributed by atoms with Gasteiger partial charge in [0, 0.05) is 30.7 Å². The van der Waals surface area contributed by atoms with Crippen molar-refractivity contribution < 1.29 is 5.11 Å². The van der Waals surface area contributed by atoms with E-state index in [1.165, 1.54) is 32.2 Å². The smallest absolute Gasteiger partial charge is 0.120 e. The molecule has 110 valence electrons. The lowest BCUT2D eigenvalue weighted by molar-refractivity contribution is 0.181. The predicted molar refractivity (Wildman–Crippen MR) is 81.8 cm³/mol. The zero-order valence-corrected chi connectivity index (χ0v) is 12.4. The first-order chi connectivity index (χ1) is 9.74. The van der Waals surface area contributed by atoms with Crippen LogP contribution in [0.1, 0.15) is 44.2 Å². The third-order valence-corrected chi connectivity index (χ3v) is 4.74. The molecule has 3 rings (SSSR count). The van der Waals surface area contributed by atoms with E-state index < -0.39 is 0 Å². The van der Waals surface area contributed by atoms with E-state index in [-0.39, 0.29) is 0 Å². The van der Waals surface area contributed by atoms with Crippen molar-refractivity contribution >= 4 is 0 Å². The second-order valence-electron chi connectivity index (χ2n) is 6.43. The quantitative estimate of drug-likeness (QED) is 0.837. The Kier molecular flexibility index (Phi) is 4.27. The molecular formula is C17H26N2O. The van der Waals surface area contributed by atoms with Gasteiger partial charge in [-0.3, -0.25) is 4.90 Å². The highest BCUT2D eigenvalue weighted by molar-refractivity contribution is 5.34. The topological polar surface area (TPSA) is 35.5 Å². The van der Waals surface area contributed by atoms with E-state index in [2.05, 4.69) is 23.2 Å². The molecule has 1 saturated carbocycles. The summed E-state index contributed by atoms with van der Waals surface area (Å²) in [5.41, 5.74) is 1.06. The Morgan fingerprint density at radius 2 is 2.05 bits per heavy atom. The third-order valence-electron chi connectivity index (χ3n) is 4.74. The van der Waals surface area contributed by atoms with E-state index in [1.807, 2.05) is 12.1 Å². The summed E-state index contributed by atoms with van der Waals surface area (Å²) in [4.78, 5) is 2.57. The van der Waals surface area contributed by atoms with Crippen molar-refractivity contribution in [1.29, 1.82) is 0 Å². The number of benzene rings is 1. The second-order valence-corrected chi connectivity index (χ2v) is 6.43. The maximum atomic E-state index is 10.1. The highest BCUT2D eigenvalue weighted by Crippen LogP contribution is 2.35. The van der Waals surface area contributed by atoms with E-state index in [9.17, 15) is 5.11 Å². The van der Waals surface area contributed by atoms with Crippen molar-refractivity contribution in [3.63, 3.8) is 0 Å². The van der Waals surface area contributed by atoms with Gasteiger partial charge in [0.2, 0.25) is 0 Å². The molecule has 0 amide bonds. The molecule has 1 saturated heterocycles. The average molecular weight is 274 g/mol. The minimum absolute atomic E-state index is 0.291. The number of hydrogen-bond acceptors (Lipinski definition) is 3. The van der Waals surface area contributed by atoms with Crippen molar-refractivity contribution in [2.75, 3.05) is 19.6 Å². The lowest BCUT2D eigenvalue weighted by atomic mass is 10.0. The van der Waals surface area contributed by atoms with E-state index in [4.69, 9.17) is 0 Å². The highest BCUT2D eigenvalue weighted by Gasteiger charge is 2.30. The fourth-order valence-electron chi connectivity index (χ4n) is 3.26. The predicted octanol–water partition coefficient (Wildman–Crippen LogP) is 2.92. The number of nitrogens with one attached hydrogen (secondary N) is 1. The number of hydrogen-bond donors (Lipinski definition) is 2. The zero-order valence-electron chi connectivity index (χ0n) is 12.4. The minimum Gasteiger partial charge on any atom is -0.508 e. The first-order valence-electron chi connectivity index (χ1n) is 7.99. The van der Waals surface area contributed by atoms with Crippen LogP contribution in [0.15, 0.2) is 24.3 Å². The van der Waals surface area contributed by atoms with Crippen molar-refractivity contribution in [3.8, 4) is 5.75 Å². The normalized spacial score (nSPS) is 24.2. The van der Waals surface area contributed by atoms with Gasteiger partial charge in [-0.1, -0.05) is 18.2 Å². The van der Waals surface area contributed by atoms with Crippen molar-refractivity contribution in [2.24, 2.45) is 5.92 Å². The van der Waals surface area contributed by atoms with Crippen LogP contribution in [0.4, 0.5) is 0 Å². The summed E-state index contributed by atoms with van der Waals surface area (Å²) in [6, 6.07) is 8.70. The van der Waals surface area contributed by atoms with Crippen LogP contribution in [0.25, 0.3) is 0 Å². The largest absolute Gasteiger partial charge is 0.508 e. The summed E-state index contributed by atoms with van der Waals surface area (Å²) in [6.07, 6.45) is 5.34. The fraction of sp³-hybridized carbons (Fsp3) is 0.647. The minimum atomic E-state index is 0.291. The van der Waals surface area contributed by atoms with Crippen molar-refractivity contribution in [1.82, 2.24) is 10.2 Å². The van der Waals surface area contributed by atoms with Gasteiger partial charge in [-0.25, -0.2) is 0 Å². The Morgan fingerprint density at radius 3 is 2.70 bits per heavy atom. The molecule has 3 nitrogen and oxygen atoms in total. The van der Waals surface area contributed by atoms with Gasteiger partial charge < -0.3 is 10.4 Å². The van der Waals surface area contributed by atoms with Crippen LogP contribution in [-0.4, -0.2) is 35.7 Å². The van der Waals surface area contributed by atoms with Gasteiger partial charge in [0.05, 0.1) is 0 Å². The van der Waals surface area contributed by atoms with Crippen LogP contribution < -0.4 is 5.32 Å². The lowest BCUT2D eigenvalue weighted by Gasteiger charge is -2.32. The maximum absolute atomic E-state index is 10.1. The van der Waals surface area contributed by atoms with Gasteiger partial charge in [-0.2, -0.15) is 0 Å². The Labute approximate surface area is 122 Å². The molecule has 0 aromatic heterocycles. The SMILES string of the molecule is CC(c1ccccc1O)N(CC1CC1)CC1CCCN1. The number of nitrogens with zero attached hydrogens (tertiary/aromatic N) is 1. The molecule has 1 aromatic rings. The molecule has 1 aliphatic carbocycles. The van der Waals surface area contributed by atoms with E-state index in [0.29, 0.717) is 17.8 Å². The molecule has 0 spiro atoms. The van der Waals surface area contributed by atoms with Crippen LogP contribution in [0.2, 0.25) is 0 Å². The zero-order chi connectivity index (χ0) is 13.9. The summed E-state index contributed by atoms with van der Waals surface area (Å²) in [5, 5.41) is 13.7. The Bertz CT molecular complexity index is 438. The van der Waals surface area contributed by atoms with Gasteiger partial charge in [-0.15, -0.1) is 0 Å². The summed E-state index contributed by atoms with van der Waals surface area (Å²) in [6.45, 7) is 5.67. The van der Waals surface area contributed by atoms with Crippen LogP contribution in [0, 0.1) is 5.92 Å². The van der Waals surface area contributed by atoms with Crippen LogP contribution in [0.3, 0.4) is 0 Å². The van der Waals surface area contributed by atoms with Crippen molar-refractivity contribution in [2.45, 2.75) is 44.7 Å². The molecule has 1 aromatic carbocycles. The number of aromatic hydroxyl groups is 1. The van der Waals surface area contributed by atoms with Crippen LogP contribution >= 0.6 is 0 Å². The van der Waals surface area contributed by atoms with Gasteiger partial charge in [0.15, 0.2) is 0 Å². The molecule has 1 heterocycles. The molecule has 0 radical (unpaired) electrons. The van der Waals surface area contributed by atoms with Crippen LogP contribution in [-0.2, 0) is 0 Å². The summed E-state index contributed by atoms with van der Waals surface area (Å²) < 4.78 is 0. The van der Waals surface area contributed by atoms with Gasteiger partial charge in [0.1, 0.15) is 5.75 Å². The molecule has 3 heteroatoms. The highest BCUT2D eigenvalue weighted by atomic mass is 16.3. The number of para-hydroxylation sites is 1. The molecule has 2 aliphatic rings. The van der Waals surface area contributed by atoms with E-state index >= 15 is 0 Å². The Hall–Kier alpha value is -1.06. The average Bonchev–Trinajstić information content (AvgIpc) is 3.11. The molecule has 2 fully saturated rings. The number of phenolic OH excluding ortho intramolecular Hbond substituents is 1. The maximum Gasteiger partial charge on any atom is 0.120 e. The first-order valence-corrected chi connectivity index (χ1v) is 7.99. The van der Waals surface area contributed by atoms with Gasteiger partial charge in [0.25, 0.3) is 0 Å². The van der Waals surface area contributed by atoms with Gasteiger partial charge in [-0.05, 0) is 51.1 Å². The summed E-state index contributed by atoms with van der Waals surface area (Å²) >= 11 is 0. The molecule has 20 heavy (non-hydrogen) atoms. The summed E-state index contributed by atoms with van der Waals surface area (Å²) in [5.74, 6) is 1.31. The number of phenols is 1. The lowest BCUT2D eigenvalue weighted by Crippen LogP contribution is -2.40. The van der Waals surface area contributed by atoms with E-state index in [0.717, 1.165) is 24.6 Å². The molecule has 0 bridgehead atoms. The molecule has 2 atom stereocenters. The van der Waals surface area contributed by atoms with Crippen molar-refractivity contribution in [3.05, 3.63) is 29.8 Å². The van der Waals surface area contributed by atoms with Gasteiger partial charge >= 0.3 is 0 Å². The van der Waals surface area contributed by atoms with E-state index in [1.54, 1.807) is 6.07 Å². The summed E-state index contributed by atoms with van der Waals surface area (Å²) in [7, 11) is 0. The molecule has 1 aliphatic heterocycles. The first kappa shape index (κ1) is 13.9. The molecular weight excluding hydrogens is 248 g/mol.